The minimum atomic E-state index is -0.702. The third-order valence-corrected chi connectivity index (χ3v) is 4.84. The first-order chi connectivity index (χ1) is 7.04. The van der Waals surface area contributed by atoms with Gasteiger partial charge in [-0.15, -0.1) is 0 Å². The van der Waals surface area contributed by atoms with E-state index in [1.54, 1.807) is 0 Å². The zero-order valence-corrected chi connectivity index (χ0v) is 9.79. The lowest BCUT2D eigenvalue weighted by atomic mass is 9.52. The van der Waals surface area contributed by atoms with Crippen LogP contribution in [-0.4, -0.2) is 10.7 Å². The third kappa shape index (κ3) is 1.40. The lowest BCUT2D eigenvalue weighted by molar-refractivity contribution is -0.155. The first-order valence-electron chi connectivity index (χ1n) is 6.18. The smallest absolute Gasteiger partial charge is 0.0862 e. The van der Waals surface area contributed by atoms with Gasteiger partial charge >= 0.3 is 0 Å². The van der Waals surface area contributed by atoms with Crippen molar-refractivity contribution in [3.05, 3.63) is 0 Å². The Hall–Kier alpha value is -0.550. The molecule has 0 aromatic heterocycles. The van der Waals surface area contributed by atoms with E-state index in [1.165, 1.54) is 0 Å². The first kappa shape index (κ1) is 11.0. The van der Waals surface area contributed by atoms with Crippen LogP contribution >= 0.6 is 0 Å². The molecule has 2 saturated carbocycles. The van der Waals surface area contributed by atoms with Crippen molar-refractivity contribution in [2.45, 2.75) is 58.0 Å². The van der Waals surface area contributed by atoms with Gasteiger partial charge in [0, 0.05) is 0 Å². The Labute approximate surface area is 92.3 Å². The summed E-state index contributed by atoms with van der Waals surface area (Å²) in [6.07, 6.45) is 5.88. The minimum absolute atomic E-state index is 0.279. The molecule has 0 spiro atoms. The van der Waals surface area contributed by atoms with Crippen LogP contribution < -0.4 is 0 Å². The maximum atomic E-state index is 10.8. The summed E-state index contributed by atoms with van der Waals surface area (Å²) in [7, 11) is 0. The van der Waals surface area contributed by atoms with E-state index in [1.807, 2.05) is 0 Å². The lowest BCUT2D eigenvalue weighted by Gasteiger charge is -2.54. The number of hydrogen-bond acceptors (Lipinski definition) is 2. The molecule has 0 aromatic carbocycles. The first-order valence-corrected chi connectivity index (χ1v) is 6.18. The molecule has 15 heavy (non-hydrogen) atoms. The molecule has 3 atom stereocenters. The molecule has 2 nitrogen and oxygen atoms in total. The van der Waals surface area contributed by atoms with Crippen LogP contribution in [0.15, 0.2) is 0 Å². The molecule has 2 fully saturated rings. The normalized spacial score (nSPS) is 44.1. The molecule has 0 aliphatic heterocycles. The molecule has 0 saturated heterocycles. The molecule has 0 radical (unpaired) electrons. The number of aliphatic hydroxyl groups is 1. The predicted octanol–water partition coefficient (Wildman–Crippen LogP) is 2.87. The number of nitrogens with zero attached hydrogens (tertiary/aromatic N) is 1. The average molecular weight is 207 g/mol. The largest absolute Gasteiger partial charge is 0.388 e. The quantitative estimate of drug-likeness (QED) is 0.718. The molecule has 0 aromatic rings. The summed E-state index contributed by atoms with van der Waals surface area (Å²) < 4.78 is 0. The van der Waals surface area contributed by atoms with E-state index >= 15 is 0 Å². The number of rotatable bonds is 1. The minimum Gasteiger partial charge on any atom is -0.388 e. The maximum Gasteiger partial charge on any atom is 0.0862 e. The summed E-state index contributed by atoms with van der Waals surface area (Å²) >= 11 is 0. The molecule has 84 valence electrons. The fourth-order valence-corrected chi connectivity index (χ4v) is 3.51. The summed E-state index contributed by atoms with van der Waals surface area (Å²) in [5.74, 6) is 0.984. The molecule has 0 heterocycles. The Morgan fingerprint density at radius 1 is 1.27 bits per heavy atom. The zero-order valence-electron chi connectivity index (χ0n) is 9.79. The van der Waals surface area contributed by atoms with Gasteiger partial charge in [0.05, 0.1) is 17.1 Å². The van der Waals surface area contributed by atoms with Gasteiger partial charge in [-0.05, 0) is 43.9 Å². The highest BCUT2D eigenvalue weighted by Gasteiger charge is 2.58. The SMILES string of the molecule is CC1CCC(O)(C2(C#N)CCC2)C(C)C1. The van der Waals surface area contributed by atoms with Gasteiger partial charge in [-0.25, -0.2) is 0 Å². The predicted molar refractivity (Wildman–Crippen MR) is 59.0 cm³/mol. The molecule has 2 aliphatic carbocycles. The standard InChI is InChI=1S/C13H21NO/c1-10-4-7-13(15,11(2)8-10)12(9-14)5-3-6-12/h10-11,15H,3-8H2,1-2H3. The summed E-state index contributed by atoms with van der Waals surface area (Å²) in [4.78, 5) is 0. The Bertz CT molecular complexity index is 289. The van der Waals surface area contributed by atoms with E-state index in [-0.39, 0.29) is 5.92 Å². The van der Waals surface area contributed by atoms with Gasteiger partial charge in [-0.1, -0.05) is 20.3 Å². The van der Waals surface area contributed by atoms with Crippen LogP contribution in [0.4, 0.5) is 0 Å². The second-order valence-electron chi connectivity index (χ2n) is 5.75. The van der Waals surface area contributed by atoms with Crippen LogP contribution in [0.1, 0.15) is 52.4 Å². The lowest BCUT2D eigenvalue weighted by Crippen LogP contribution is -2.57. The van der Waals surface area contributed by atoms with Crippen molar-refractivity contribution in [3.8, 4) is 6.07 Å². The van der Waals surface area contributed by atoms with E-state index in [0.717, 1.165) is 38.5 Å². The summed E-state index contributed by atoms with van der Waals surface area (Å²) in [6, 6.07) is 2.42. The van der Waals surface area contributed by atoms with Crippen molar-refractivity contribution in [3.63, 3.8) is 0 Å². The van der Waals surface area contributed by atoms with Crippen LogP contribution in [0.5, 0.6) is 0 Å². The molecule has 2 heteroatoms. The Kier molecular flexibility index (Phi) is 2.55. The van der Waals surface area contributed by atoms with Crippen LogP contribution in [-0.2, 0) is 0 Å². The molecule has 2 aliphatic rings. The zero-order chi connectivity index (χ0) is 11.1. The maximum absolute atomic E-state index is 10.8. The van der Waals surface area contributed by atoms with E-state index in [4.69, 9.17) is 0 Å². The monoisotopic (exact) mass is 207 g/mol. The van der Waals surface area contributed by atoms with E-state index < -0.39 is 11.0 Å². The third-order valence-electron chi connectivity index (χ3n) is 4.84. The highest BCUT2D eigenvalue weighted by Crippen LogP contribution is 2.56. The van der Waals surface area contributed by atoms with Crippen LogP contribution in [0, 0.1) is 28.6 Å². The van der Waals surface area contributed by atoms with Crippen molar-refractivity contribution in [2.24, 2.45) is 17.3 Å². The van der Waals surface area contributed by atoms with Gasteiger partial charge in [0.15, 0.2) is 0 Å². The van der Waals surface area contributed by atoms with Crippen LogP contribution in [0.3, 0.4) is 0 Å². The van der Waals surface area contributed by atoms with E-state index in [9.17, 15) is 10.4 Å². The molecule has 0 amide bonds. The topological polar surface area (TPSA) is 44.0 Å². The van der Waals surface area contributed by atoms with Gasteiger partial charge in [0.1, 0.15) is 0 Å². The van der Waals surface area contributed by atoms with Gasteiger partial charge < -0.3 is 5.11 Å². The summed E-state index contributed by atoms with van der Waals surface area (Å²) in [6.45, 7) is 4.36. The van der Waals surface area contributed by atoms with Crippen molar-refractivity contribution in [1.82, 2.24) is 0 Å². The second kappa shape index (κ2) is 3.49. The molecule has 1 N–H and O–H groups in total. The van der Waals surface area contributed by atoms with Crippen molar-refractivity contribution >= 4 is 0 Å². The molecular formula is C13H21NO. The van der Waals surface area contributed by atoms with E-state index in [0.29, 0.717) is 5.92 Å². The molecule has 2 rings (SSSR count). The van der Waals surface area contributed by atoms with Crippen molar-refractivity contribution in [2.75, 3.05) is 0 Å². The highest BCUT2D eigenvalue weighted by atomic mass is 16.3. The van der Waals surface area contributed by atoms with Crippen molar-refractivity contribution in [1.29, 1.82) is 5.26 Å². The van der Waals surface area contributed by atoms with Crippen molar-refractivity contribution < 1.29 is 5.11 Å². The second-order valence-corrected chi connectivity index (χ2v) is 5.75. The van der Waals surface area contributed by atoms with Gasteiger partial charge in [0.25, 0.3) is 0 Å². The van der Waals surface area contributed by atoms with Crippen LogP contribution in [0.2, 0.25) is 0 Å². The van der Waals surface area contributed by atoms with Gasteiger partial charge in [-0.3, -0.25) is 0 Å². The number of nitriles is 1. The van der Waals surface area contributed by atoms with Gasteiger partial charge in [0.2, 0.25) is 0 Å². The average Bonchev–Trinajstić information content (AvgIpc) is 2.11. The molecular weight excluding hydrogens is 186 g/mol. The van der Waals surface area contributed by atoms with E-state index in [2.05, 4.69) is 19.9 Å². The van der Waals surface area contributed by atoms with Gasteiger partial charge in [-0.2, -0.15) is 5.26 Å². The Morgan fingerprint density at radius 2 is 1.93 bits per heavy atom. The Balaban J connectivity index is 2.22. The fraction of sp³-hybridized carbons (Fsp3) is 0.923. The number of hydrogen-bond donors (Lipinski definition) is 1. The summed E-state index contributed by atoms with van der Waals surface area (Å²) in [5, 5.41) is 20.1. The molecule has 0 bridgehead atoms. The van der Waals surface area contributed by atoms with Crippen LogP contribution in [0.25, 0.3) is 0 Å². The summed E-state index contributed by atoms with van der Waals surface area (Å²) in [5.41, 5.74) is -1.11. The highest BCUT2D eigenvalue weighted by molar-refractivity contribution is 5.18. The molecule has 3 unspecified atom stereocenters. The fourth-order valence-electron chi connectivity index (χ4n) is 3.51. The Morgan fingerprint density at radius 3 is 2.33 bits per heavy atom.